The first-order chi connectivity index (χ1) is 7.91. The maximum atomic E-state index is 11.6. The van der Waals surface area contributed by atoms with E-state index >= 15 is 0 Å². The van der Waals surface area contributed by atoms with E-state index in [1.165, 1.54) is 13.1 Å². The average Bonchev–Trinajstić information content (AvgIpc) is 2.28. The van der Waals surface area contributed by atoms with Gasteiger partial charge in [-0.2, -0.15) is 0 Å². The number of nitrogens with zero attached hydrogens (tertiary/aromatic N) is 1. The first kappa shape index (κ1) is 12.9. The van der Waals surface area contributed by atoms with Crippen LogP contribution in [-0.2, 0) is 4.79 Å². The zero-order valence-electron chi connectivity index (χ0n) is 9.43. The second-order valence-electron chi connectivity index (χ2n) is 3.69. The molecule has 0 radical (unpaired) electrons. The van der Waals surface area contributed by atoms with Gasteiger partial charge < -0.3 is 15.4 Å². The fourth-order valence-electron chi connectivity index (χ4n) is 1.09. The molecule has 0 fully saturated rings. The highest BCUT2D eigenvalue weighted by Gasteiger charge is 2.21. The highest BCUT2D eigenvalue weighted by Crippen LogP contribution is 2.03. The lowest BCUT2D eigenvalue weighted by Gasteiger charge is -2.17. The molecule has 17 heavy (non-hydrogen) atoms. The Morgan fingerprint density at radius 1 is 1.47 bits per heavy atom. The van der Waals surface area contributed by atoms with E-state index in [2.05, 4.69) is 15.3 Å². The topological polar surface area (TPSA) is 112 Å². The minimum Gasteiger partial charge on any atom is -0.481 e. The van der Waals surface area contributed by atoms with E-state index in [4.69, 9.17) is 5.11 Å². The van der Waals surface area contributed by atoms with Crippen LogP contribution in [0, 0.1) is 5.92 Å². The molecule has 92 valence electrons. The maximum Gasteiger partial charge on any atom is 0.308 e. The number of carboxylic acids is 1. The fourth-order valence-corrected chi connectivity index (χ4v) is 1.09. The number of aromatic amines is 1. The van der Waals surface area contributed by atoms with Crippen LogP contribution in [0.3, 0.4) is 0 Å². The van der Waals surface area contributed by atoms with Gasteiger partial charge in [0.05, 0.1) is 12.1 Å². The van der Waals surface area contributed by atoms with Crippen LogP contribution in [-0.4, -0.2) is 33.0 Å². The van der Waals surface area contributed by atoms with Gasteiger partial charge >= 0.3 is 5.97 Å². The predicted molar refractivity (Wildman–Crippen MR) is 58.6 cm³/mol. The minimum atomic E-state index is -0.993. The summed E-state index contributed by atoms with van der Waals surface area (Å²) in [7, 11) is 0. The lowest BCUT2D eigenvalue weighted by atomic mass is 10.0. The highest BCUT2D eigenvalue weighted by molar-refractivity contribution is 5.92. The number of carboxylic acid groups (broad SMARTS) is 1. The summed E-state index contributed by atoms with van der Waals surface area (Å²) in [5.74, 6) is -2.23. The minimum absolute atomic E-state index is 0.0361. The number of rotatable bonds is 4. The summed E-state index contributed by atoms with van der Waals surface area (Å²) in [6.07, 6.45) is 2.16. The molecule has 2 unspecified atom stereocenters. The molecule has 1 amide bonds. The van der Waals surface area contributed by atoms with E-state index in [-0.39, 0.29) is 5.69 Å². The number of amides is 1. The molecule has 0 bridgehead atoms. The molecule has 7 nitrogen and oxygen atoms in total. The molecular weight excluding hydrogens is 226 g/mol. The van der Waals surface area contributed by atoms with Gasteiger partial charge in [0.1, 0.15) is 5.69 Å². The molecule has 0 aromatic carbocycles. The molecule has 1 aromatic rings. The molecule has 0 aliphatic carbocycles. The number of H-pyrrole nitrogens is 1. The van der Waals surface area contributed by atoms with Gasteiger partial charge in [0.25, 0.3) is 11.5 Å². The van der Waals surface area contributed by atoms with Crippen molar-refractivity contribution in [2.75, 3.05) is 0 Å². The number of carbonyl (C=O) groups excluding carboxylic acids is 1. The third-order valence-electron chi connectivity index (χ3n) is 2.40. The van der Waals surface area contributed by atoms with Crippen LogP contribution in [0.15, 0.2) is 17.2 Å². The number of aliphatic carboxylic acids is 1. The van der Waals surface area contributed by atoms with Crippen molar-refractivity contribution in [2.24, 2.45) is 5.92 Å². The van der Waals surface area contributed by atoms with Crippen molar-refractivity contribution in [3.8, 4) is 0 Å². The smallest absolute Gasteiger partial charge is 0.308 e. The van der Waals surface area contributed by atoms with E-state index in [1.54, 1.807) is 6.92 Å². The Bertz CT molecular complexity index is 462. The lowest BCUT2D eigenvalue weighted by molar-refractivity contribution is -0.141. The van der Waals surface area contributed by atoms with Crippen LogP contribution in [0.2, 0.25) is 0 Å². The van der Waals surface area contributed by atoms with Crippen LogP contribution in [0.1, 0.15) is 24.3 Å². The van der Waals surface area contributed by atoms with Crippen LogP contribution in [0.4, 0.5) is 0 Å². The van der Waals surface area contributed by atoms with Crippen molar-refractivity contribution in [1.82, 2.24) is 15.3 Å². The van der Waals surface area contributed by atoms with Crippen LogP contribution < -0.4 is 10.9 Å². The zero-order valence-corrected chi connectivity index (χ0v) is 9.43. The Morgan fingerprint density at radius 2 is 2.12 bits per heavy atom. The van der Waals surface area contributed by atoms with Crippen LogP contribution in [0.5, 0.6) is 0 Å². The van der Waals surface area contributed by atoms with Gasteiger partial charge in [-0.25, -0.2) is 4.98 Å². The molecule has 0 aliphatic rings. The van der Waals surface area contributed by atoms with Gasteiger partial charge in [-0.15, -0.1) is 0 Å². The van der Waals surface area contributed by atoms with Crippen molar-refractivity contribution < 1.29 is 14.7 Å². The Morgan fingerprint density at radius 3 is 2.59 bits per heavy atom. The predicted octanol–water partition coefficient (Wildman–Crippen LogP) is -0.391. The zero-order chi connectivity index (χ0) is 13.0. The molecule has 0 spiro atoms. The molecule has 3 N–H and O–H groups in total. The van der Waals surface area contributed by atoms with Gasteiger partial charge in [0.15, 0.2) is 0 Å². The monoisotopic (exact) mass is 239 g/mol. The second kappa shape index (κ2) is 5.24. The van der Waals surface area contributed by atoms with E-state index in [0.717, 1.165) is 6.20 Å². The fraction of sp³-hybridized carbons (Fsp3) is 0.400. The first-order valence-electron chi connectivity index (χ1n) is 5.00. The highest BCUT2D eigenvalue weighted by atomic mass is 16.4. The van der Waals surface area contributed by atoms with E-state index < -0.39 is 29.4 Å². The molecule has 0 saturated carbocycles. The van der Waals surface area contributed by atoms with Gasteiger partial charge in [-0.05, 0) is 13.8 Å². The van der Waals surface area contributed by atoms with Crippen LogP contribution >= 0.6 is 0 Å². The number of hydrogen-bond acceptors (Lipinski definition) is 4. The van der Waals surface area contributed by atoms with E-state index in [9.17, 15) is 14.4 Å². The Labute approximate surface area is 96.9 Å². The summed E-state index contributed by atoms with van der Waals surface area (Å²) in [6.45, 7) is 3.08. The summed E-state index contributed by atoms with van der Waals surface area (Å²) in [6, 6.07) is -0.534. The van der Waals surface area contributed by atoms with Crippen molar-refractivity contribution in [3.05, 3.63) is 28.4 Å². The number of aromatic nitrogens is 2. The second-order valence-corrected chi connectivity index (χ2v) is 3.69. The molecule has 1 aromatic heterocycles. The molecule has 2 atom stereocenters. The Kier molecular flexibility index (Phi) is 3.97. The van der Waals surface area contributed by atoms with Gasteiger partial charge in [-0.3, -0.25) is 14.4 Å². The van der Waals surface area contributed by atoms with Crippen molar-refractivity contribution in [2.45, 2.75) is 19.9 Å². The molecule has 0 saturated heterocycles. The number of carbonyl (C=O) groups is 2. The third kappa shape index (κ3) is 3.40. The van der Waals surface area contributed by atoms with Gasteiger partial charge in [0, 0.05) is 12.2 Å². The normalized spacial score (nSPS) is 13.8. The third-order valence-corrected chi connectivity index (χ3v) is 2.40. The van der Waals surface area contributed by atoms with Gasteiger partial charge in [0.2, 0.25) is 0 Å². The standard InChI is InChI=1S/C10H13N3O4/c1-5(10(16)17)6(2)13-9(15)7-3-12-8(14)4-11-7/h3-6H,1-2H3,(H,12,14)(H,13,15)(H,16,17). The van der Waals surface area contributed by atoms with E-state index in [0.29, 0.717) is 0 Å². The summed E-state index contributed by atoms with van der Waals surface area (Å²) in [4.78, 5) is 39.0. The van der Waals surface area contributed by atoms with Crippen molar-refractivity contribution >= 4 is 11.9 Å². The Hall–Kier alpha value is -2.18. The molecular formula is C10H13N3O4. The van der Waals surface area contributed by atoms with Crippen LogP contribution in [0.25, 0.3) is 0 Å². The number of hydrogen-bond donors (Lipinski definition) is 3. The van der Waals surface area contributed by atoms with Gasteiger partial charge in [-0.1, -0.05) is 0 Å². The summed E-state index contributed by atoms with van der Waals surface area (Å²) >= 11 is 0. The largest absolute Gasteiger partial charge is 0.481 e. The lowest BCUT2D eigenvalue weighted by Crippen LogP contribution is -2.40. The summed E-state index contributed by atoms with van der Waals surface area (Å²) in [5, 5.41) is 11.3. The summed E-state index contributed by atoms with van der Waals surface area (Å²) < 4.78 is 0. The van der Waals surface area contributed by atoms with Crippen molar-refractivity contribution in [1.29, 1.82) is 0 Å². The first-order valence-corrected chi connectivity index (χ1v) is 5.00. The maximum absolute atomic E-state index is 11.6. The molecule has 0 aliphatic heterocycles. The summed E-state index contributed by atoms with van der Waals surface area (Å²) in [5.41, 5.74) is -0.373. The Balaban J connectivity index is 2.69. The SMILES string of the molecule is CC(NC(=O)c1c[nH]c(=O)cn1)C(C)C(=O)O. The molecule has 7 heteroatoms. The molecule has 1 rings (SSSR count). The quantitative estimate of drug-likeness (QED) is 0.662. The molecule has 1 heterocycles. The van der Waals surface area contributed by atoms with Crippen molar-refractivity contribution in [3.63, 3.8) is 0 Å². The number of nitrogens with one attached hydrogen (secondary N) is 2. The van der Waals surface area contributed by atoms with E-state index in [1.807, 2.05) is 0 Å². The average molecular weight is 239 g/mol.